The molecule has 0 radical (unpaired) electrons. The van der Waals surface area contributed by atoms with E-state index in [1.54, 1.807) is 6.07 Å². The van der Waals surface area contributed by atoms with Crippen LogP contribution >= 0.6 is 11.3 Å². The van der Waals surface area contributed by atoms with Crippen molar-refractivity contribution in [2.24, 2.45) is 11.7 Å². The first-order valence-electron chi connectivity index (χ1n) is 5.30. The minimum absolute atomic E-state index is 0.0597. The third-order valence-corrected chi connectivity index (χ3v) is 3.94. The van der Waals surface area contributed by atoms with Crippen molar-refractivity contribution in [2.75, 3.05) is 18.0 Å². The molecule has 1 amide bonds. The molecule has 86 valence electrons. The molecule has 5 heteroatoms. The monoisotopic (exact) mass is 238 g/mol. The van der Waals surface area contributed by atoms with Crippen LogP contribution in [-0.2, 0) is 4.79 Å². The van der Waals surface area contributed by atoms with Crippen LogP contribution in [0.15, 0.2) is 12.1 Å². The molecular weight excluding hydrogens is 224 g/mol. The highest BCUT2D eigenvalue weighted by Gasteiger charge is 2.24. The molecule has 1 fully saturated rings. The van der Waals surface area contributed by atoms with Crippen LogP contribution in [0.25, 0.3) is 0 Å². The van der Waals surface area contributed by atoms with Crippen molar-refractivity contribution in [2.45, 2.75) is 12.8 Å². The number of hydrogen-bond acceptors (Lipinski definition) is 4. The van der Waals surface area contributed by atoms with E-state index in [0.717, 1.165) is 35.6 Å². The zero-order valence-corrected chi connectivity index (χ0v) is 9.70. The van der Waals surface area contributed by atoms with Gasteiger partial charge in [-0.1, -0.05) is 0 Å². The van der Waals surface area contributed by atoms with Crippen LogP contribution in [0.1, 0.15) is 22.5 Å². The van der Waals surface area contributed by atoms with Gasteiger partial charge in [-0.3, -0.25) is 9.59 Å². The first-order valence-corrected chi connectivity index (χ1v) is 6.11. The average molecular weight is 238 g/mol. The van der Waals surface area contributed by atoms with E-state index in [2.05, 4.69) is 4.90 Å². The van der Waals surface area contributed by atoms with E-state index in [1.165, 1.54) is 11.3 Å². The molecule has 1 aromatic rings. The predicted octanol–water partition coefficient (Wildman–Crippen LogP) is 1.26. The lowest BCUT2D eigenvalue weighted by atomic mass is 9.98. The van der Waals surface area contributed by atoms with Crippen molar-refractivity contribution in [3.05, 3.63) is 17.0 Å². The van der Waals surface area contributed by atoms with Gasteiger partial charge in [0, 0.05) is 13.1 Å². The number of carbonyl (C=O) groups excluding carboxylic acids is 2. The SMILES string of the molecule is NC(=O)C1CCCN(c2ccc(C=O)s2)C1. The highest BCUT2D eigenvalue weighted by Crippen LogP contribution is 2.29. The van der Waals surface area contributed by atoms with Gasteiger partial charge in [-0.15, -0.1) is 11.3 Å². The summed E-state index contributed by atoms with van der Waals surface area (Å²) in [7, 11) is 0. The molecule has 2 heterocycles. The summed E-state index contributed by atoms with van der Waals surface area (Å²) in [6, 6.07) is 3.73. The molecule has 1 aliphatic heterocycles. The van der Waals surface area contributed by atoms with Gasteiger partial charge in [-0.25, -0.2) is 0 Å². The summed E-state index contributed by atoms with van der Waals surface area (Å²) in [5.41, 5.74) is 5.32. The second kappa shape index (κ2) is 4.65. The fraction of sp³-hybridized carbons (Fsp3) is 0.455. The van der Waals surface area contributed by atoms with Crippen LogP contribution in [0, 0.1) is 5.92 Å². The highest BCUT2D eigenvalue weighted by atomic mass is 32.1. The van der Waals surface area contributed by atoms with Crippen LogP contribution in [0.3, 0.4) is 0 Å². The summed E-state index contributed by atoms with van der Waals surface area (Å²) in [4.78, 5) is 24.6. The van der Waals surface area contributed by atoms with Crippen LogP contribution in [0.2, 0.25) is 0 Å². The molecule has 0 aliphatic carbocycles. The number of nitrogens with two attached hydrogens (primary N) is 1. The molecule has 1 aliphatic rings. The van der Waals surface area contributed by atoms with Crippen molar-refractivity contribution in [1.82, 2.24) is 0 Å². The molecule has 16 heavy (non-hydrogen) atoms. The Balaban J connectivity index is 2.09. The smallest absolute Gasteiger partial charge is 0.222 e. The van der Waals surface area contributed by atoms with Gasteiger partial charge in [-0.05, 0) is 25.0 Å². The van der Waals surface area contributed by atoms with E-state index >= 15 is 0 Å². The van der Waals surface area contributed by atoms with Gasteiger partial charge in [0.1, 0.15) is 0 Å². The van der Waals surface area contributed by atoms with E-state index in [0.29, 0.717) is 6.54 Å². The lowest BCUT2D eigenvalue weighted by Crippen LogP contribution is -2.40. The van der Waals surface area contributed by atoms with Gasteiger partial charge in [0.25, 0.3) is 0 Å². The third kappa shape index (κ3) is 2.24. The predicted molar refractivity (Wildman–Crippen MR) is 63.8 cm³/mol. The normalized spacial score (nSPS) is 20.8. The number of piperidine rings is 1. The van der Waals surface area contributed by atoms with Crippen molar-refractivity contribution in [1.29, 1.82) is 0 Å². The van der Waals surface area contributed by atoms with Gasteiger partial charge >= 0.3 is 0 Å². The molecule has 1 atom stereocenters. The van der Waals surface area contributed by atoms with E-state index in [-0.39, 0.29) is 11.8 Å². The zero-order valence-electron chi connectivity index (χ0n) is 8.89. The van der Waals surface area contributed by atoms with Crippen LogP contribution in [0.4, 0.5) is 5.00 Å². The Kier molecular flexibility index (Phi) is 3.24. The van der Waals surface area contributed by atoms with Gasteiger partial charge < -0.3 is 10.6 Å². The Hall–Kier alpha value is -1.36. The molecule has 1 saturated heterocycles. The fourth-order valence-corrected chi connectivity index (χ4v) is 2.84. The Labute approximate surface area is 98.0 Å². The number of hydrogen-bond donors (Lipinski definition) is 1. The Morgan fingerprint density at radius 2 is 2.38 bits per heavy atom. The number of rotatable bonds is 3. The molecule has 0 bridgehead atoms. The molecule has 2 N–H and O–H groups in total. The zero-order chi connectivity index (χ0) is 11.5. The van der Waals surface area contributed by atoms with Crippen molar-refractivity contribution in [3.63, 3.8) is 0 Å². The maximum absolute atomic E-state index is 11.1. The first-order chi connectivity index (χ1) is 7.70. The highest BCUT2D eigenvalue weighted by molar-refractivity contribution is 7.17. The molecule has 0 saturated carbocycles. The summed E-state index contributed by atoms with van der Waals surface area (Å²) in [6.45, 7) is 1.61. The van der Waals surface area contributed by atoms with Crippen molar-refractivity contribution < 1.29 is 9.59 Å². The summed E-state index contributed by atoms with van der Waals surface area (Å²) in [5.74, 6) is -0.285. The fourth-order valence-electron chi connectivity index (χ4n) is 1.99. The van der Waals surface area contributed by atoms with Crippen molar-refractivity contribution >= 4 is 28.5 Å². The molecule has 1 unspecified atom stereocenters. The van der Waals surface area contributed by atoms with E-state index in [4.69, 9.17) is 5.73 Å². The Morgan fingerprint density at radius 1 is 1.56 bits per heavy atom. The first kappa shape index (κ1) is 11.1. The summed E-state index contributed by atoms with van der Waals surface area (Å²) < 4.78 is 0. The van der Waals surface area contributed by atoms with Crippen LogP contribution in [-0.4, -0.2) is 25.3 Å². The maximum atomic E-state index is 11.1. The van der Waals surface area contributed by atoms with E-state index < -0.39 is 0 Å². The third-order valence-electron chi connectivity index (χ3n) is 2.86. The quantitative estimate of drug-likeness (QED) is 0.806. The Morgan fingerprint density at radius 3 is 3.00 bits per heavy atom. The number of nitrogens with zero attached hydrogens (tertiary/aromatic N) is 1. The molecule has 2 rings (SSSR count). The summed E-state index contributed by atoms with van der Waals surface area (Å²) in [5, 5.41) is 1.05. The molecular formula is C11H14N2O2S. The second-order valence-corrected chi connectivity index (χ2v) is 5.08. The number of amides is 1. The van der Waals surface area contributed by atoms with Gasteiger partial charge in [0.05, 0.1) is 15.8 Å². The maximum Gasteiger partial charge on any atom is 0.222 e. The lowest BCUT2D eigenvalue weighted by molar-refractivity contribution is -0.122. The number of thiophene rings is 1. The van der Waals surface area contributed by atoms with Gasteiger partial charge in [0.15, 0.2) is 6.29 Å². The molecule has 4 nitrogen and oxygen atoms in total. The number of carbonyl (C=O) groups is 2. The van der Waals surface area contributed by atoms with Crippen molar-refractivity contribution in [3.8, 4) is 0 Å². The average Bonchev–Trinajstić information content (AvgIpc) is 2.77. The summed E-state index contributed by atoms with van der Waals surface area (Å²) in [6.07, 6.45) is 2.70. The minimum atomic E-state index is -0.225. The van der Waals surface area contributed by atoms with Crippen LogP contribution in [0.5, 0.6) is 0 Å². The lowest BCUT2D eigenvalue weighted by Gasteiger charge is -2.31. The Bertz CT molecular complexity index is 402. The molecule has 0 aromatic carbocycles. The number of anilines is 1. The van der Waals surface area contributed by atoms with Crippen LogP contribution < -0.4 is 10.6 Å². The van der Waals surface area contributed by atoms with E-state index in [1.807, 2.05) is 6.07 Å². The second-order valence-electron chi connectivity index (χ2n) is 3.98. The van der Waals surface area contributed by atoms with Gasteiger partial charge in [0.2, 0.25) is 5.91 Å². The number of primary amides is 1. The minimum Gasteiger partial charge on any atom is -0.369 e. The summed E-state index contributed by atoms with van der Waals surface area (Å²) >= 11 is 1.46. The number of aldehydes is 1. The molecule has 0 spiro atoms. The van der Waals surface area contributed by atoms with Gasteiger partial charge in [-0.2, -0.15) is 0 Å². The largest absolute Gasteiger partial charge is 0.369 e. The standard InChI is InChI=1S/C11H14N2O2S/c12-11(15)8-2-1-5-13(6-8)10-4-3-9(7-14)16-10/h3-4,7-8H,1-2,5-6H2,(H2,12,15). The molecule has 1 aromatic heterocycles. The topological polar surface area (TPSA) is 63.4 Å². The van der Waals surface area contributed by atoms with E-state index in [9.17, 15) is 9.59 Å².